The molecule has 0 aliphatic heterocycles. The minimum absolute atomic E-state index is 0.118. The molecular weight excluding hydrogens is 466 g/mol. The number of carbonyl (C=O) groups is 2. The SMILES string of the molecule is COc1ccc(CN(C(=O)CCCN(C)S(=O)(=O)c2ccccc2)[C@H](C)C(=O)NCC(C)C)cc1. The van der Waals surface area contributed by atoms with Gasteiger partial charge in [0.25, 0.3) is 0 Å². The van der Waals surface area contributed by atoms with E-state index in [4.69, 9.17) is 4.74 Å². The molecule has 0 unspecified atom stereocenters. The van der Waals surface area contributed by atoms with Gasteiger partial charge < -0.3 is 15.0 Å². The normalized spacial score (nSPS) is 12.4. The van der Waals surface area contributed by atoms with Crippen molar-refractivity contribution in [2.75, 3.05) is 27.2 Å². The Kier molecular flexibility index (Phi) is 10.7. The molecule has 1 N–H and O–H groups in total. The third-order valence-corrected chi connectivity index (χ3v) is 7.55. The summed E-state index contributed by atoms with van der Waals surface area (Å²) in [5, 5.41) is 2.89. The number of methoxy groups -OCH3 is 1. The molecule has 8 nitrogen and oxygen atoms in total. The Morgan fingerprint density at radius 2 is 1.63 bits per heavy atom. The average Bonchev–Trinajstić information content (AvgIpc) is 2.86. The Morgan fingerprint density at radius 1 is 1.00 bits per heavy atom. The fourth-order valence-electron chi connectivity index (χ4n) is 3.45. The van der Waals surface area contributed by atoms with Gasteiger partial charge in [-0.3, -0.25) is 9.59 Å². The summed E-state index contributed by atoms with van der Waals surface area (Å²) in [5.41, 5.74) is 0.867. The smallest absolute Gasteiger partial charge is 0.242 e. The zero-order valence-electron chi connectivity index (χ0n) is 21.2. The van der Waals surface area contributed by atoms with Gasteiger partial charge in [-0.25, -0.2) is 12.7 Å². The van der Waals surface area contributed by atoms with Gasteiger partial charge in [-0.05, 0) is 49.1 Å². The van der Waals surface area contributed by atoms with Gasteiger partial charge in [0.15, 0.2) is 0 Å². The average molecular weight is 504 g/mol. The van der Waals surface area contributed by atoms with Crippen LogP contribution in [0.5, 0.6) is 5.75 Å². The molecule has 0 aliphatic rings. The highest BCUT2D eigenvalue weighted by Gasteiger charge is 2.27. The van der Waals surface area contributed by atoms with E-state index in [0.717, 1.165) is 5.56 Å². The quantitative estimate of drug-likeness (QED) is 0.453. The van der Waals surface area contributed by atoms with E-state index in [-0.39, 0.29) is 36.2 Å². The van der Waals surface area contributed by atoms with Crippen LogP contribution in [0.25, 0.3) is 0 Å². The van der Waals surface area contributed by atoms with Gasteiger partial charge >= 0.3 is 0 Å². The third kappa shape index (κ3) is 8.36. The molecule has 0 saturated heterocycles. The molecule has 0 aliphatic carbocycles. The van der Waals surface area contributed by atoms with Crippen molar-refractivity contribution in [2.24, 2.45) is 5.92 Å². The van der Waals surface area contributed by atoms with Crippen molar-refractivity contribution in [1.29, 1.82) is 0 Å². The minimum atomic E-state index is -3.63. The number of sulfonamides is 1. The van der Waals surface area contributed by atoms with E-state index in [2.05, 4.69) is 5.32 Å². The van der Waals surface area contributed by atoms with Gasteiger partial charge in [-0.1, -0.05) is 44.2 Å². The lowest BCUT2D eigenvalue weighted by Crippen LogP contribution is -2.48. The van der Waals surface area contributed by atoms with Crippen molar-refractivity contribution >= 4 is 21.8 Å². The van der Waals surface area contributed by atoms with Crippen LogP contribution in [0.2, 0.25) is 0 Å². The summed E-state index contributed by atoms with van der Waals surface area (Å²) in [6, 6.07) is 14.9. The highest BCUT2D eigenvalue weighted by molar-refractivity contribution is 7.89. The Morgan fingerprint density at radius 3 is 2.20 bits per heavy atom. The highest BCUT2D eigenvalue weighted by atomic mass is 32.2. The molecule has 2 aromatic carbocycles. The number of nitrogens with zero attached hydrogens (tertiary/aromatic N) is 2. The summed E-state index contributed by atoms with van der Waals surface area (Å²) in [7, 11) is -0.537. The van der Waals surface area contributed by atoms with Crippen LogP contribution in [-0.2, 0) is 26.2 Å². The summed E-state index contributed by atoms with van der Waals surface area (Å²) in [6.07, 6.45) is 0.452. The summed E-state index contributed by atoms with van der Waals surface area (Å²) < 4.78 is 31.9. The van der Waals surface area contributed by atoms with Gasteiger partial charge in [-0.2, -0.15) is 0 Å². The maximum atomic E-state index is 13.2. The van der Waals surface area contributed by atoms with Crippen molar-refractivity contribution in [1.82, 2.24) is 14.5 Å². The van der Waals surface area contributed by atoms with Crippen LogP contribution < -0.4 is 10.1 Å². The van der Waals surface area contributed by atoms with Gasteiger partial charge in [-0.15, -0.1) is 0 Å². The van der Waals surface area contributed by atoms with Crippen LogP contribution >= 0.6 is 0 Å². The Hall–Kier alpha value is -2.91. The number of nitrogens with one attached hydrogen (secondary N) is 1. The Labute approximate surface area is 209 Å². The zero-order chi connectivity index (χ0) is 26.0. The lowest BCUT2D eigenvalue weighted by molar-refractivity contribution is -0.140. The van der Waals surface area contributed by atoms with Crippen LogP contribution in [0, 0.1) is 5.92 Å². The van der Waals surface area contributed by atoms with Crippen LogP contribution in [0.3, 0.4) is 0 Å². The predicted octanol–water partition coefficient (Wildman–Crippen LogP) is 3.29. The maximum absolute atomic E-state index is 13.2. The standard InChI is InChI=1S/C26H37N3O5S/c1-20(2)18-27-26(31)21(3)29(19-22-13-15-23(34-5)16-14-22)25(30)12-9-17-28(4)35(32,33)24-10-7-6-8-11-24/h6-8,10-11,13-16,20-21H,9,12,17-19H2,1-5H3,(H,27,31)/t21-/m1/s1. The first kappa shape index (κ1) is 28.3. The van der Waals surface area contributed by atoms with E-state index in [1.807, 2.05) is 38.1 Å². The number of rotatable bonds is 13. The molecule has 2 amide bonds. The first-order chi connectivity index (χ1) is 16.6. The predicted molar refractivity (Wildman–Crippen MR) is 136 cm³/mol. The van der Waals surface area contributed by atoms with Gasteiger partial charge in [0.1, 0.15) is 11.8 Å². The summed E-state index contributed by atoms with van der Waals surface area (Å²) in [4.78, 5) is 27.7. The summed E-state index contributed by atoms with van der Waals surface area (Å²) >= 11 is 0. The molecule has 192 valence electrons. The van der Waals surface area contributed by atoms with Crippen LogP contribution in [-0.4, -0.2) is 62.7 Å². The highest BCUT2D eigenvalue weighted by Crippen LogP contribution is 2.17. The third-order valence-electron chi connectivity index (χ3n) is 5.68. The van der Waals surface area contributed by atoms with E-state index in [1.54, 1.807) is 49.3 Å². The van der Waals surface area contributed by atoms with Gasteiger partial charge in [0, 0.05) is 33.1 Å². The lowest BCUT2D eigenvalue weighted by atomic mass is 10.1. The van der Waals surface area contributed by atoms with Crippen molar-refractivity contribution < 1.29 is 22.7 Å². The minimum Gasteiger partial charge on any atom is -0.497 e. The summed E-state index contributed by atoms with van der Waals surface area (Å²) in [6.45, 7) is 6.69. The second kappa shape index (κ2) is 13.3. The van der Waals surface area contributed by atoms with Crippen LogP contribution in [0.15, 0.2) is 59.5 Å². The second-order valence-electron chi connectivity index (χ2n) is 8.93. The second-order valence-corrected chi connectivity index (χ2v) is 11.0. The molecule has 0 spiro atoms. The molecule has 0 heterocycles. The zero-order valence-corrected chi connectivity index (χ0v) is 22.0. The number of benzene rings is 2. The van der Waals surface area contributed by atoms with E-state index >= 15 is 0 Å². The maximum Gasteiger partial charge on any atom is 0.242 e. The Bertz CT molecular complexity index is 1060. The summed E-state index contributed by atoms with van der Waals surface area (Å²) in [5.74, 6) is 0.568. The number of ether oxygens (including phenoxy) is 1. The van der Waals surface area contributed by atoms with E-state index in [9.17, 15) is 18.0 Å². The number of hydrogen-bond donors (Lipinski definition) is 1. The van der Waals surface area contributed by atoms with Crippen LogP contribution in [0.1, 0.15) is 39.2 Å². The number of amides is 2. The topological polar surface area (TPSA) is 96.0 Å². The first-order valence-electron chi connectivity index (χ1n) is 11.8. The molecule has 35 heavy (non-hydrogen) atoms. The number of hydrogen-bond acceptors (Lipinski definition) is 5. The van der Waals surface area contributed by atoms with Crippen LogP contribution in [0.4, 0.5) is 0 Å². The fourth-order valence-corrected chi connectivity index (χ4v) is 4.68. The fraction of sp³-hybridized carbons (Fsp3) is 0.462. The first-order valence-corrected chi connectivity index (χ1v) is 13.2. The molecular formula is C26H37N3O5S. The molecule has 0 aromatic heterocycles. The molecule has 2 aromatic rings. The Balaban J connectivity index is 2.08. The monoisotopic (exact) mass is 503 g/mol. The lowest BCUT2D eigenvalue weighted by Gasteiger charge is -2.29. The molecule has 9 heteroatoms. The molecule has 0 saturated carbocycles. The largest absolute Gasteiger partial charge is 0.497 e. The molecule has 0 radical (unpaired) electrons. The van der Waals surface area contributed by atoms with E-state index < -0.39 is 16.1 Å². The molecule has 0 bridgehead atoms. The molecule has 1 atom stereocenters. The molecule has 2 rings (SSSR count). The van der Waals surface area contributed by atoms with Crippen molar-refractivity contribution in [3.05, 3.63) is 60.2 Å². The molecule has 0 fully saturated rings. The van der Waals surface area contributed by atoms with Crippen molar-refractivity contribution in [3.8, 4) is 5.75 Å². The van der Waals surface area contributed by atoms with E-state index in [1.165, 1.54) is 11.4 Å². The van der Waals surface area contributed by atoms with Gasteiger partial charge in [0.2, 0.25) is 21.8 Å². The van der Waals surface area contributed by atoms with Crippen molar-refractivity contribution in [3.63, 3.8) is 0 Å². The number of carbonyl (C=O) groups excluding carboxylic acids is 2. The van der Waals surface area contributed by atoms with E-state index in [0.29, 0.717) is 24.6 Å². The van der Waals surface area contributed by atoms with Gasteiger partial charge in [0.05, 0.1) is 12.0 Å². The van der Waals surface area contributed by atoms with Crippen molar-refractivity contribution in [2.45, 2.75) is 51.1 Å².